The molecule has 1 amide bonds. The lowest BCUT2D eigenvalue weighted by Crippen LogP contribution is -2.13. The molecule has 0 saturated carbocycles. The third-order valence-corrected chi connectivity index (χ3v) is 6.12. The average molecular weight is 393 g/mol. The van der Waals surface area contributed by atoms with Gasteiger partial charge in [-0.2, -0.15) is 0 Å². The van der Waals surface area contributed by atoms with Crippen LogP contribution >= 0.6 is 23.1 Å². The molecule has 134 valence electrons. The highest BCUT2D eigenvalue weighted by Gasteiger charge is 2.15. The standard InChI is InChI=1S/C19H15N5OS2/c1-11-15(10-16(20)25)26-19(22-11)27-18-13-4-2-3-5-14(13)23-17(24-18)12-6-8-21-9-7-12/h2-9H,10H2,1H3,(H2,20,25). The van der Waals surface area contributed by atoms with Crippen LogP contribution in [0.25, 0.3) is 22.3 Å². The summed E-state index contributed by atoms with van der Waals surface area (Å²) >= 11 is 2.95. The first-order chi connectivity index (χ1) is 13.1. The van der Waals surface area contributed by atoms with Crippen molar-refractivity contribution in [2.45, 2.75) is 22.7 Å². The highest BCUT2D eigenvalue weighted by molar-refractivity contribution is 8.01. The highest BCUT2D eigenvalue weighted by atomic mass is 32.2. The first-order valence-corrected chi connectivity index (χ1v) is 9.83. The zero-order chi connectivity index (χ0) is 18.8. The van der Waals surface area contributed by atoms with E-state index in [0.717, 1.165) is 36.4 Å². The van der Waals surface area contributed by atoms with E-state index in [0.29, 0.717) is 5.82 Å². The first-order valence-electron chi connectivity index (χ1n) is 8.20. The Morgan fingerprint density at radius 2 is 1.89 bits per heavy atom. The van der Waals surface area contributed by atoms with Crippen LogP contribution in [0.15, 0.2) is 58.2 Å². The number of para-hydroxylation sites is 1. The fraction of sp³-hybridized carbons (Fsp3) is 0.105. The molecule has 0 bridgehead atoms. The Balaban J connectivity index is 1.78. The summed E-state index contributed by atoms with van der Waals surface area (Å²) in [6.45, 7) is 1.89. The summed E-state index contributed by atoms with van der Waals surface area (Å²) in [4.78, 5) is 30.2. The summed E-state index contributed by atoms with van der Waals surface area (Å²) in [6, 6.07) is 11.7. The molecule has 27 heavy (non-hydrogen) atoms. The Hall–Kier alpha value is -2.84. The van der Waals surface area contributed by atoms with Crippen molar-refractivity contribution < 1.29 is 4.79 Å². The number of amides is 1. The van der Waals surface area contributed by atoms with E-state index in [4.69, 9.17) is 10.7 Å². The summed E-state index contributed by atoms with van der Waals surface area (Å²) in [6.07, 6.45) is 3.65. The molecule has 0 spiro atoms. The van der Waals surface area contributed by atoms with Crippen molar-refractivity contribution >= 4 is 39.9 Å². The van der Waals surface area contributed by atoms with E-state index in [1.54, 1.807) is 12.4 Å². The Kier molecular flexibility index (Phi) is 4.83. The molecule has 3 aromatic heterocycles. The summed E-state index contributed by atoms with van der Waals surface area (Å²) in [7, 11) is 0. The van der Waals surface area contributed by atoms with Crippen molar-refractivity contribution in [3.63, 3.8) is 0 Å². The summed E-state index contributed by atoms with van der Waals surface area (Å²) < 4.78 is 0.827. The number of rotatable bonds is 5. The van der Waals surface area contributed by atoms with Crippen molar-refractivity contribution in [2.24, 2.45) is 5.73 Å². The van der Waals surface area contributed by atoms with Crippen LogP contribution < -0.4 is 5.73 Å². The van der Waals surface area contributed by atoms with Gasteiger partial charge in [-0.3, -0.25) is 9.78 Å². The Morgan fingerprint density at radius 1 is 1.11 bits per heavy atom. The molecular formula is C19H15N5OS2. The lowest BCUT2D eigenvalue weighted by Gasteiger charge is -2.07. The topological polar surface area (TPSA) is 94.7 Å². The van der Waals surface area contributed by atoms with Gasteiger partial charge in [-0.1, -0.05) is 18.2 Å². The van der Waals surface area contributed by atoms with E-state index in [1.807, 2.05) is 43.3 Å². The van der Waals surface area contributed by atoms with Gasteiger partial charge in [0.2, 0.25) is 5.91 Å². The largest absolute Gasteiger partial charge is 0.369 e. The van der Waals surface area contributed by atoms with E-state index < -0.39 is 0 Å². The number of nitrogens with two attached hydrogens (primary N) is 1. The van der Waals surface area contributed by atoms with Crippen molar-refractivity contribution in [3.8, 4) is 11.4 Å². The minimum atomic E-state index is -0.356. The second kappa shape index (κ2) is 7.42. The van der Waals surface area contributed by atoms with E-state index >= 15 is 0 Å². The van der Waals surface area contributed by atoms with Gasteiger partial charge in [-0.05, 0) is 36.9 Å². The zero-order valence-electron chi connectivity index (χ0n) is 14.4. The van der Waals surface area contributed by atoms with E-state index in [9.17, 15) is 4.79 Å². The number of carbonyl (C=O) groups excluding carboxylic acids is 1. The molecule has 6 nitrogen and oxygen atoms in total. The number of hydrogen-bond acceptors (Lipinski definition) is 7. The van der Waals surface area contributed by atoms with Gasteiger partial charge in [-0.15, -0.1) is 11.3 Å². The molecule has 8 heteroatoms. The molecule has 1 aromatic carbocycles. The van der Waals surface area contributed by atoms with Crippen LogP contribution in [0, 0.1) is 6.92 Å². The maximum absolute atomic E-state index is 11.2. The normalized spacial score (nSPS) is 11.0. The maximum Gasteiger partial charge on any atom is 0.222 e. The summed E-state index contributed by atoms with van der Waals surface area (Å²) in [5.41, 5.74) is 7.92. The summed E-state index contributed by atoms with van der Waals surface area (Å²) in [5.74, 6) is 0.287. The molecule has 4 aromatic rings. The number of nitrogens with zero attached hydrogens (tertiary/aromatic N) is 4. The summed E-state index contributed by atoms with van der Waals surface area (Å²) in [5, 5.41) is 1.79. The second-order valence-electron chi connectivity index (χ2n) is 5.84. The predicted octanol–water partition coefficient (Wildman–Crippen LogP) is 3.64. The number of thiazole rings is 1. The van der Waals surface area contributed by atoms with Crippen LogP contribution in [0.5, 0.6) is 0 Å². The van der Waals surface area contributed by atoms with Gasteiger partial charge in [0.1, 0.15) is 5.03 Å². The third kappa shape index (κ3) is 3.81. The fourth-order valence-electron chi connectivity index (χ4n) is 2.61. The highest BCUT2D eigenvalue weighted by Crippen LogP contribution is 2.36. The minimum absolute atomic E-state index is 0.205. The van der Waals surface area contributed by atoms with Crippen molar-refractivity contribution in [1.29, 1.82) is 0 Å². The number of aryl methyl sites for hydroxylation is 1. The Bertz CT molecular complexity index is 1130. The van der Waals surface area contributed by atoms with Crippen molar-refractivity contribution in [1.82, 2.24) is 19.9 Å². The van der Waals surface area contributed by atoms with Crippen molar-refractivity contribution in [2.75, 3.05) is 0 Å². The third-order valence-electron chi connectivity index (χ3n) is 3.90. The predicted molar refractivity (Wildman–Crippen MR) is 107 cm³/mol. The smallest absolute Gasteiger partial charge is 0.222 e. The van der Waals surface area contributed by atoms with Gasteiger partial charge in [0, 0.05) is 28.2 Å². The van der Waals surface area contributed by atoms with Crippen LogP contribution in [-0.2, 0) is 11.2 Å². The Labute approximate surface area is 163 Å². The molecule has 0 unspecified atom stereocenters. The molecule has 4 rings (SSSR count). The molecule has 0 saturated heterocycles. The molecular weight excluding hydrogens is 378 g/mol. The van der Waals surface area contributed by atoms with Gasteiger partial charge in [0.05, 0.1) is 17.6 Å². The molecule has 0 aliphatic carbocycles. The van der Waals surface area contributed by atoms with E-state index in [2.05, 4.69) is 15.0 Å². The van der Waals surface area contributed by atoms with E-state index in [1.165, 1.54) is 23.1 Å². The van der Waals surface area contributed by atoms with Gasteiger partial charge in [-0.25, -0.2) is 15.0 Å². The van der Waals surface area contributed by atoms with Crippen LogP contribution in [0.2, 0.25) is 0 Å². The first kappa shape index (κ1) is 17.6. The second-order valence-corrected chi connectivity index (χ2v) is 8.16. The number of hydrogen-bond donors (Lipinski definition) is 1. The zero-order valence-corrected chi connectivity index (χ0v) is 16.0. The quantitative estimate of drug-likeness (QED) is 0.520. The number of fused-ring (bicyclic) bond motifs is 1. The molecule has 0 fully saturated rings. The van der Waals surface area contributed by atoms with E-state index in [-0.39, 0.29) is 12.3 Å². The molecule has 2 N–H and O–H groups in total. The van der Waals surface area contributed by atoms with Gasteiger partial charge in [0.25, 0.3) is 0 Å². The molecule has 0 aliphatic rings. The maximum atomic E-state index is 11.2. The molecule has 3 heterocycles. The lowest BCUT2D eigenvalue weighted by atomic mass is 10.2. The number of carbonyl (C=O) groups is 1. The van der Waals surface area contributed by atoms with Gasteiger partial charge >= 0.3 is 0 Å². The molecule has 0 radical (unpaired) electrons. The van der Waals surface area contributed by atoms with Crippen LogP contribution in [0.1, 0.15) is 10.6 Å². The number of benzene rings is 1. The van der Waals surface area contributed by atoms with Crippen LogP contribution in [0.4, 0.5) is 0 Å². The molecule has 0 aliphatic heterocycles. The average Bonchev–Trinajstić information content (AvgIpc) is 3.00. The van der Waals surface area contributed by atoms with Crippen LogP contribution in [-0.4, -0.2) is 25.8 Å². The minimum Gasteiger partial charge on any atom is -0.369 e. The van der Waals surface area contributed by atoms with Gasteiger partial charge < -0.3 is 5.73 Å². The Morgan fingerprint density at radius 3 is 2.67 bits per heavy atom. The number of aromatic nitrogens is 4. The number of pyridine rings is 1. The SMILES string of the molecule is Cc1nc(Sc2nc(-c3ccncc3)nc3ccccc23)sc1CC(N)=O. The number of primary amides is 1. The monoisotopic (exact) mass is 393 g/mol. The van der Waals surface area contributed by atoms with Gasteiger partial charge in [0.15, 0.2) is 10.2 Å². The van der Waals surface area contributed by atoms with Crippen molar-refractivity contribution in [3.05, 3.63) is 59.4 Å². The lowest BCUT2D eigenvalue weighted by molar-refractivity contribution is -0.117. The molecule has 0 atom stereocenters. The fourth-order valence-corrected chi connectivity index (χ4v) is 4.87. The van der Waals surface area contributed by atoms with Crippen LogP contribution in [0.3, 0.4) is 0 Å².